The summed E-state index contributed by atoms with van der Waals surface area (Å²) in [6.45, 7) is 1.20. The number of nitrogens with zero attached hydrogens (tertiary/aromatic N) is 2. The minimum Gasteiger partial charge on any atom is -0.497 e. The number of nitrogens with one attached hydrogen (secondary N) is 1. The molecule has 1 N–H and O–H groups in total. The maximum Gasteiger partial charge on any atom is 0.264 e. The highest BCUT2D eigenvalue weighted by Gasteiger charge is 2.34. The third-order valence-electron chi connectivity index (χ3n) is 7.63. The summed E-state index contributed by atoms with van der Waals surface area (Å²) in [6.07, 6.45) is 5.22. The Labute approximate surface area is 257 Å². The van der Waals surface area contributed by atoms with Crippen LogP contribution in [0.1, 0.15) is 51.0 Å². The molecule has 0 heterocycles. The van der Waals surface area contributed by atoms with E-state index in [4.69, 9.17) is 16.3 Å². The molecule has 1 fully saturated rings. The van der Waals surface area contributed by atoms with Crippen LogP contribution >= 0.6 is 11.6 Å². The van der Waals surface area contributed by atoms with Crippen molar-refractivity contribution in [1.82, 2.24) is 10.2 Å². The minimum atomic E-state index is -4.26. The Morgan fingerprint density at radius 2 is 1.70 bits per heavy atom. The average molecular weight is 630 g/mol. The average Bonchev–Trinajstić information content (AvgIpc) is 3.01. The second kappa shape index (κ2) is 14.7. The van der Waals surface area contributed by atoms with Gasteiger partial charge in [-0.25, -0.2) is 12.8 Å². The molecule has 0 spiro atoms. The van der Waals surface area contributed by atoms with Gasteiger partial charge >= 0.3 is 0 Å². The normalized spacial score (nSPS) is 14.5. The van der Waals surface area contributed by atoms with E-state index in [-0.39, 0.29) is 29.1 Å². The first kappa shape index (κ1) is 32.3. The van der Waals surface area contributed by atoms with Crippen LogP contribution in [0.2, 0.25) is 5.02 Å². The molecule has 1 aliphatic carbocycles. The zero-order chi connectivity index (χ0) is 31.0. The number of hydrogen-bond donors (Lipinski definition) is 1. The number of carbonyl (C=O) groups excluding carboxylic acids is 2. The second-order valence-electron chi connectivity index (χ2n) is 10.6. The lowest BCUT2D eigenvalue weighted by molar-refractivity contribution is -0.140. The maximum absolute atomic E-state index is 14.2. The van der Waals surface area contributed by atoms with Crippen LogP contribution in [0.15, 0.2) is 77.7 Å². The van der Waals surface area contributed by atoms with Gasteiger partial charge in [0.25, 0.3) is 10.0 Å². The molecule has 230 valence electrons. The SMILES string of the molecule is CC[C@H](C(=O)NC1CCCCC1)N(Cc1ccc(F)cc1)C(=O)CN(c1cccc(Cl)c1)S(=O)(=O)c1ccc(OC)cc1. The number of hydrogen-bond acceptors (Lipinski definition) is 5. The summed E-state index contributed by atoms with van der Waals surface area (Å²) in [5, 5.41) is 3.40. The number of sulfonamides is 1. The first-order valence-electron chi connectivity index (χ1n) is 14.4. The van der Waals surface area contributed by atoms with Crippen LogP contribution in [0.3, 0.4) is 0 Å². The van der Waals surface area contributed by atoms with E-state index in [1.807, 2.05) is 0 Å². The van der Waals surface area contributed by atoms with Gasteiger partial charge in [0.2, 0.25) is 11.8 Å². The summed E-state index contributed by atoms with van der Waals surface area (Å²) in [6, 6.07) is 16.9. The predicted octanol–water partition coefficient (Wildman–Crippen LogP) is 5.94. The van der Waals surface area contributed by atoms with E-state index in [0.29, 0.717) is 22.8 Å². The fraction of sp³-hybridized carbons (Fsp3) is 0.375. The molecule has 0 saturated heterocycles. The lowest BCUT2D eigenvalue weighted by atomic mass is 9.95. The van der Waals surface area contributed by atoms with Gasteiger partial charge in [0.1, 0.15) is 24.2 Å². The summed E-state index contributed by atoms with van der Waals surface area (Å²) in [5.41, 5.74) is 0.795. The number of amides is 2. The zero-order valence-electron chi connectivity index (χ0n) is 24.3. The van der Waals surface area contributed by atoms with Crippen LogP contribution in [0.25, 0.3) is 0 Å². The van der Waals surface area contributed by atoms with Gasteiger partial charge < -0.3 is 15.0 Å². The number of halogens is 2. The quantitative estimate of drug-likeness (QED) is 0.268. The van der Waals surface area contributed by atoms with Crippen molar-refractivity contribution in [2.24, 2.45) is 0 Å². The van der Waals surface area contributed by atoms with Gasteiger partial charge in [0, 0.05) is 17.6 Å². The second-order valence-corrected chi connectivity index (χ2v) is 12.9. The molecule has 43 heavy (non-hydrogen) atoms. The Kier molecular flexibility index (Phi) is 11.0. The van der Waals surface area contributed by atoms with E-state index in [2.05, 4.69) is 5.32 Å². The highest BCUT2D eigenvalue weighted by Crippen LogP contribution is 2.28. The summed E-state index contributed by atoms with van der Waals surface area (Å²) < 4.78 is 47.8. The molecule has 1 atom stereocenters. The topological polar surface area (TPSA) is 96.0 Å². The summed E-state index contributed by atoms with van der Waals surface area (Å²) in [7, 11) is -2.78. The summed E-state index contributed by atoms with van der Waals surface area (Å²) >= 11 is 6.23. The van der Waals surface area contributed by atoms with Crippen molar-refractivity contribution < 1.29 is 27.1 Å². The highest BCUT2D eigenvalue weighted by atomic mass is 35.5. The fourth-order valence-electron chi connectivity index (χ4n) is 5.29. The molecule has 0 aliphatic heterocycles. The van der Waals surface area contributed by atoms with Gasteiger partial charge in [-0.05, 0) is 79.4 Å². The molecule has 3 aromatic carbocycles. The molecule has 0 radical (unpaired) electrons. The lowest BCUT2D eigenvalue weighted by Gasteiger charge is -2.34. The van der Waals surface area contributed by atoms with Crippen molar-refractivity contribution in [3.63, 3.8) is 0 Å². The van der Waals surface area contributed by atoms with Crippen LogP contribution in [0.5, 0.6) is 5.75 Å². The molecule has 3 aromatic rings. The van der Waals surface area contributed by atoms with E-state index in [0.717, 1.165) is 36.4 Å². The van der Waals surface area contributed by atoms with Crippen LogP contribution in [0, 0.1) is 5.82 Å². The van der Waals surface area contributed by atoms with E-state index < -0.39 is 34.3 Å². The van der Waals surface area contributed by atoms with Crippen LogP contribution < -0.4 is 14.4 Å². The number of methoxy groups -OCH3 is 1. The lowest BCUT2D eigenvalue weighted by Crippen LogP contribution is -2.54. The third-order valence-corrected chi connectivity index (χ3v) is 9.65. The molecule has 2 amide bonds. The Bertz CT molecular complexity index is 1500. The Balaban J connectivity index is 1.70. The standard InChI is InChI=1S/C32H37ClFN3O5S/c1-3-30(32(39)35-26-9-5-4-6-10-26)36(21-23-12-14-25(34)15-13-23)31(38)22-37(27-11-7-8-24(33)20-27)43(40,41)29-18-16-28(42-2)17-19-29/h7-8,11-20,26,30H,3-6,9-10,21-22H2,1-2H3,(H,35,39)/t30-/m1/s1. The molecule has 0 unspecified atom stereocenters. The van der Waals surface area contributed by atoms with Gasteiger partial charge in [0.05, 0.1) is 17.7 Å². The monoisotopic (exact) mass is 629 g/mol. The molecule has 1 aliphatic rings. The first-order valence-corrected chi connectivity index (χ1v) is 16.2. The zero-order valence-corrected chi connectivity index (χ0v) is 25.9. The largest absolute Gasteiger partial charge is 0.497 e. The van der Waals surface area contributed by atoms with Gasteiger partial charge in [0.15, 0.2) is 0 Å². The first-order chi connectivity index (χ1) is 20.6. The number of carbonyl (C=O) groups is 2. The summed E-state index contributed by atoms with van der Waals surface area (Å²) in [4.78, 5) is 29.1. The van der Waals surface area contributed by atoms with Crippen molar-refractivity contribution in [3.05, 3.63) is 89.2 Å². The van der Waals surface area contributed by atoms with E-state index >= 15 is 0 Å². The maximum atomic E-state index is 14.2. The van der Waals surface area contributed by atoms with Crippen molar-refractivity contribution in [1.29, 1.82) is 0 Å². The van der Waals surface area contributed by atoms with Gasteiger partial charge in [-0.2, -0.15) is 0 Å². The Morgan fingerprint density at radius 1 is 1.02 bits per heavy atom. The predicted molar refractivity (Wildman–Crippen MR) is 165 cm³/mol. The van der Waals surface area contributed by atoms with E-state index in [1.165, 1.54) is 54.5 Å². The molecule has 4 rings (SSSR count). The minimum absolute atomic E-state index is 0.0122. The fourth-order valence-corrected chi connectivity index (χ4v) is 6.88. The number of benzene rings is 3. The molecular formula is C32H37ClFN3O5S. The Hall–Kier alpha value is -3.63. The van der Waals surface area contributed by atoms with Crippen LogP contribution in [-0.2, 0) is 26.2 Å². The highest BCUT2D eigenvalue weighted by molar-refractivity contribution is 7.92. The van der Waals surface area contributed by atoms with Crippen molar-refractivity contribution in [2.45, 2.75) is 69.0 Å². The van der Waals surface area contributed by atoms with Crippen molar-refractivity contribution in [2.75, 3.05) is 18.0 Å². The molecule has 1 saturated carbocycles. The van der Waals surface area contributed by atoms with Crippen molar-refractivity contribution in [3.8, 4) is 5.75 Å². The summed E-state index contributed by atoms with van der Waals surface area (Å²) in [5.74, 6) is -0.838. The Morgan fingerprint density at radius 3 is 2.30 bits per heavy atom. The van der Waals surface area contributed by atoms with E-state index in [9.17, 15) is 22.4 Å². The van der Waals surface area contributed by atoms with Gasteiger partial charge in [-0.15, -0.1) is 0 Å². The number of rotatable bonds is 12. The molecule has 0 bridgehead atoms. The molecule has 0 aromatic heterocycles. The third kappa shape index (κ3) is 8.26. The number of anilines is 1. The molecule has 11 heteroatoms. The van der Waals surface area contributed by atoms with Crippen LogP contribution in [-0.4, -0.2) is 50.9 Å². The molecular weight excluding hydrogens is 593 g/mol. The van der Waals surface area contributed by atoms with Gasteiger partial charge in [-0.3, -0.25) is 13.9 Å². The molecule has 8 nitrogen and oxygen atoms in total. The van der Waals surface area contributed by atoms with E-state index in [1.54, 1.807) is 37.3 Å². The van der Waals surface area contributed by atoms with Crippen LogP contribution in [0.4, 0.5) is 10.1 Å². The van der Waals surface area contributed by atoms with Gasteiger partial charge in [-0.1, -0.05) is 56.0 Å². The number of ether oxygens (including phenoxy) is 1. The van der Waals surface area contributed by atoms with Crippen molar-refractivity contribution >= 4 is 39.1 Å². The smallest absolute Gasteiger partial charge is 0.264 e.